The zero-order valence-electron chi connectivity index (χ0n) is 10.2. The minimum atomic E-state index is -0.276. The van der Waals surface area contributed by atoms with Crippen molar-refractivity contribution in [1.82, 2.24) is 4.90 Å². The van der Waals surface area contributed by atoms with E-state index in [-0.39, 0.29) is 12.2 Å². The first kappa shape index (κ1) is 11.5. The highest BCUT2D eigenvalue weighted by molar-refractivity contribution is 5.67. The largest absolute Gasteiger partial charge is 0.444 e. The van der Waals surface area contributed by atoms with Crippen LogP contribution in [0.1, 0.15) is 18.4 Å². The highest BCUT2D eigenvalue weighted by atomic mass is 16.6. The zero-order valence-corrected chi connectivity index (χ0v) is 10.2. The number of hydrogen-bond donors (Lipinski definition) is 0. The van der Waals surface area contributed by atoms with Crippen LogP contribution in [0.4, 0.5) is 4.79 Å². The molecule has 1 aliphatic heterocycles. The molecule has 0 aromatic heterocycles. The first-order chi connectivity index (χ1) is 8.83. The molecule has 3 rings (SSSR count). The normalized spacial score (nSPS) is 23.1. The molecule has 0 bridgehead atoms. The number of hydrogen-bond acceptors (Lipinski definition) is 3. The van der Waals surface area contributed by atoms with Gasteiger partial charge in [-0.25, -0.2) is 4.79 Å². The number of carbonyl (C=O) groups excluding carboxylic acids is 1. The summed E-state index contributed by atoms with van der Waals surface area (Å²) in [6.07, 6.45) is 2.42. The Balaban J connectivity index is 1.47. The van der Waals surface area contributed by atoms with E-state index in [2.05, 4.69) is 0 Å². The van der Waals surface area contributed by atoms with Crippen LogP contribution in [0.3, 0.4) is 0 Å². The smallest absolute Gasteiger partial charge is 0.412 e. The van der Waals surface area contributed by atoms with Gasteiger partial charge in [-0.3, -0.25) is 4.90 Å². The predicted molar refractivity (Wildman–Crippen MR) is 65.8 cm³/mol. The van der Waals surface area contributed by atoms with E-state index >= 15 is 0 Å². The lowest BCUT2D eigenvalue weighted by atomic mass is 10.2. The molecule has 4 heteroatoms. The van der Waals surface area contributed by atoms with Gasteiger partial charge in [0.15, 0.2) is 0 Å². The first-order valence-corrected chi connectivity index (χ1v) is 6.40. The molecule has 2 aliphatic rings. The minimum absolute atomic E-state index is 0.231. The van der Waals surface area contributed by atoms with Crippen LogP contribution in [0, 0.1) is 5.92 Å². The molecule has 2 fully saturated rings. The number of carbonyl (C=O) groups is 1. The van der Waals surface area contributed by atoms with Crippen molar-refractivity contribution < 1.29 is 14.3 Å². The second-order valence-electron chi connectivity index (χ2n) is 4.93. The Labute approximate surface area is 106 Å². The van der Waals surface area contributed by atoms with E-state index in [0.29, 0.717) is 25.8 Å². The lowest BCUT2D eigenvalue weighted by molar-refractivity contribution is 0.0627. The molecule has 0 radical (unpaired) electrons. The number of benzene rings is 1. The molecule has 1 unspecified atom stereocenters. The SMILES string of the molecule is O=C(OCc1ccccc1)N1COC(C2CC2)C1. The minimum Gasteiger partial charge on any atom is -0.444 e. The Morgan fingerprint density at radius 1 is 1.33 bits per heavy atom. The van der Waals surface area contributed by atoms with E-state index in [4.69, 9.17) is 9.47 Å². The molecule has 1 heterocycles. The highest BCUT2D eigenvalue weighted by Crippen LogP contribution is 2.36. The van der Waals surface area contributed by atoms with Crippen LogP contribution in [0.15, 0.2) is 30.3 Å². The van der Waals surface area contributed by atoms with Gasteiger partial charge in [0, 0.05) is 0 Å². The Bertz CT molecular complexity index is 416. The zero-order chi connectivity index (χ0) is 12.4. The molecule has 96 valence electrons. The summed E-state index contributed by atoms with van der Waals surface area (Å²) in [4.78, 5) is 13.5. The second kappa shape index (κ2) is 4.98. The van der Waals surface area contributed by atoms with Crippen molar-refractivity contribution in [2.75, 3.05) is 13.3 Å². The van der Waals surface area contributed by atoms with E-state index in [1.165, 1.54) is 12.8 Å². The van der Waals surface area contributed by atoms with Crippen molar-refractivity contribution in [3.05, 3.63) is 35.9 Å². The third-order valence-corrected chi connectivity index (χ3v) is 3.46. The molecule has 1 aliphatic carbocycles. The summed E-state index contributed by atoms with van der Waals surface area (Å²) in [6, 6.07) is 9.71. The Morgan fingerprint density at radius 2 is 2.11 bits per heavy atom. The van der Waals surface area contributed by atoms with Gasteiger partial charge in [0.05, 0.1) is 12.6 Å². The predicted octanol–water partition coefficient (Wildman–Crippen LogP) is 2.39. The van der Waals surface area contributed by atoms with E-state index in [1.807, 2.05) is 30.3 Å². The molecule has 1 amide bonds. The fourth-order valence-corrected chi connectivity index (χ4v) is 2.20. The molecule has 1 saturated heterocycles. The van der Waals surface area contributed by atoms with Crippen LogP contribution in [0.25, 0.3) is 0 Å². The maximum Gasteiger partial charge on any atom is 0.412 e. The Hall–Kier alpha value is -1.55. The quantitative estimate of drug-likeness (QED) is 0.823. The van der Waals surface area contributed by atoms with Crippen LogP contribution < -0.4 is 0 Å². The summed E-state index contributed by atoms with van der Waals surface area (Å²) in [5, 5.41) is 0. The van der Waals surface area contributed by atoms with Crippen molar-refractivity contribution >= 4 is 6.09 Å². The fraction of sp³-hybridized carbons (Fsp3) is 0.500. The summed E-state index contributed by atoms with van der Waals surface area (Å²) in [5.74, 6) is 0.664. The average Bonchev–Trinajstić information content (AvgIpc) is 3.15. The van der Waals surface area contributed by atoms with Crippen molar-refractivity contribution in [3.8, 4) is 0 Å². The second-order valence-corrected chi connectivity index (χ2v) is 4.93. The summed E-state index contributed by atoms with van der Waals surface area (Å²) < 4.78 is 10.9. The topological polar surface area (TPSA) is 38.8 Å². The van der Waals surface area contributed by atoms with Gasteiger partial charge in [0.25, 0.3) is 0 Å². The molecule has 4 nitrogen and oxygen atoms in total. The van der Waals surface area contributed by atoms with Gasteiger partial charge in [0.1, 0.15) is 13.3 Å². The van der Waals surface area contributed by atoms with Gasteiger partial charge in [-0.05, 0) is 24.3 Å². The van der Waals surface area contributed by atoms with Gasteiger partial charge in [-0.15, -0.1) is 0 Å². The standard InChI is InChI=1S/C14H17NO3/c16-14(17-9-11-4-2-1-3-5-11)15-8-13(18-10-15)12-6-7-12/h1-5,12-13H,6-10H2. The van der Waals surface area contributed by atoms with E-state index in [0.717, 1.165) is 5.56 Å². The van der Waals surface area contributed by atoms with Gasteiger partial charge in [0.2, 0.25) is 0 Å². The molecular weight excluding hydrogens is 230 g/mol. The monoisotopic (exact) mass is 247 g/mol. The van der Waals surface area contributed by atoms with Gasteiger partial charge >= 0.3 is 6.09 Å². The Kier molecular flexibility index (Phi) is 3.19. The van der Waals surface area contributed by atoms with E-state index in [1.54, 1.807) is 4.90 Å². The van der Waals surface area contributed by atoms with Crippen LogP contribution >= 0.6 is 0 Å². The van der Waals surface area contributed by atoms with Crippen LogP contribution in [-0.4, -0.2) is 30.4 Å². The lowest BCUT2D eigenvalue weighted by Gasteiger charge is -2.14. The van der Waals surface area contributed by atoms with Crippen LogP contribution in [-0.2, 0) is 16.1 Å². The molecule has 1 aromatic carbocycles. The number of amides is 1. The maximum atomic E-state index is 11.8. The lowest BCUT2D eigenvalue weighted by Crippen LogP contribution is -2.30. The number of nitrogens with zero attached hydrogens (tertiary/aromatic N) is 1. The first-order valence-electron chi connectivity index (χ1n) is 6.40. The molecule has 1 atom stereocenters. The molecule has 1 saturated carbocycles. The molecular formula is C14H17NO3. The Morgan fingerprint density at radius 3 is 2.83 bits per heavy atom. The summed E-state index contributed by atoms with van der Waals surface area (Å²) in [5.41, 5.74) is 1.00. The summed E-state index contributed by atoms with van der Waals surface area (Å²) >= 11 is 0. The third-order valence-electron chi connectivity index (χ3n) is 3.46. The maximum absolute atomic E-state index is 11.8. The van der Waals surface area contributed by atoms with E-state index < -0.39 is 0 Å². The number of rotatable bonds is 3. The van der Waals surface area contributed by atoms with Gasteiger partial charge in [-0.1, -0.05) is 30.3 Å². The summed E-state index contributed by atoms with van der Waals surface area (Å²) in [7, 11) is 0. The van der Waals surface area contributed by atoms with Crippen LogP contribution in [0.2, 0.25) is 0 Å². The molecule has 18 heavy (non-hydrogen) atoms. The van der Waals surface area contributed by atoms with Gasteiger partial charge < -0.3 is 9.47 Å². The highest BCUT2D eigenvalue weighted by Gasteiger charge is 2.38. The van der Waals surface area contributed by atoms with Crippen molar-refractivity contribution in [3.63, 3.8) is 0 Å². The number of ether oxygens (including phenoxy) is 2. The van der Waals surface area contributed by atoms with Crippen molar-refractivity contribution in [2.45, 2.75) is 25.6 Å². The third kappa shape index (κ3) is 2.64. The van der Waals surface area contributed by atoms with Crippen LogP contribution in [0.5, 0.6) is 0 Å². The van der Waals surface area contributed by atoms with E-state index in [9.17, 15) is 4.79 Å². The van der Waals surface area contributed by atoms with Crippen molar-refractivity contribution in [2.24, 2.45) is 5.92 Å². The fourth-order valence-electron chi connectivity index (χ4n) is 2.20. The van der Waals surface area contributed by atoms with Crippen molar-refractivity contribution in [1.29, 1.82) is 0 Å². The molecule has 0 spiro atoms. The van der Waals surface area contributed by atoms with Gasteiger partial charge in [-0.2, -0.15) is 0 Å². The molecule has 1 aromatic rings. The summed E-state index contributed by atoms with van der Waals surface area (Å²) in [6.45, 7) is 1.37. The molecule has 0 N–H and O–H groups in total. The average molecular weight is 247 g/mol.